The van der Waals surface area contributed by atoms with Crippen molar-refractivity contribution in [3.05, 3.63) is 54.6 Å². The number of hydrogen-bond donors (Lipinski definition) is 1. The highest BCUT2D eigenvalue weighted by Gasteiger charge is 2.32. The van der Waals surface area contributed by atoms with Gasteiger partial charge in [0.25, 0.3) is 0 Å². The minimum Gasteiger partial charge on any atom is -0.494 e. The molecule has 0 atom stereocenters. The van der Waals surface area contributed by atoms with Crippen LogP contribution in [0.1, 0.15) is 39.0 Å². The normalized spacial score (nSPS) is 15.1. The number of aliphatic hydroxyl groups is 1. The average Bonchev–Trinajstić information content (AvgIpc) is 2.80. The molecule has 1 aliphatic heterocycles. The van der Waals surface area contributed by atoms with Gasteiger partial charge in [0.15, 0.2) is 0 Å². The van der Waals surface area contributed by atoms with E-state index in [1.807, 2.05) is 42.5 Å². The lowest BCUT2D eigenvalue weighted by molar-refractivity contribution is -0.0276. The number of anilines is 1. The number of unbranched alkanes of at least 4 members (excludes halogenated alkanes) is 1. The summed E-state index contributed by atoms with van der Waals surface area (Å²) < 4.78 is 11.5. The summed E-state index contributed by atoms with van der Waals surface area (Å²) in [7, 11) is 2.09. The number of likely N-dealkylation sites (tertiary alicyclic amines) is 1. The van der Waals surface area contributed by atoms with Gasteiger partial charge in [-0.1, -0.05) is 31.5 Å². The van der Waals surface area contributed by atoms with E-state index in [2.05, 4.69) is 35.9 Å². The van der Waals surface area contributed by atoms with Crippen LogP contribution < -0.4 is 14.4 Å². The Labute approximate surface area is 211 Å². The second-order valence-electron chi connectivity index (χ2n) is 8.59. The van der Waals surface area contributed by atoms with Gasteiger partial charge in [-0.25, -0.2) is 0 Å². The van der Waals surface area contributed by atoms with Gasteiger partial charge in [-0.15, -0.1) is 24.8 Å². The van der Waals surface area contributed by atoms with Crippen molar-refractivity contribution >= 4 is 30.5 Å². The summed E-state index contributed by atoms with van der Waals surface area (Å²) in [6, 6.07) is 18.2. The van der Waals surface area contributed by atoms with Gasteiger partial charge in [0.2, 0.25) is 0 Å². The Morgan fingerprint density at radius 1 is 0.909 bits per heavy atom. The minimum absolute atomic E-state index is 0. The SMILES string of the molecule is CCCCOc1ccc(N(C)CCC2(O)CCN(CCOc3ccccc3)CC2)cc1.Cl.Cl. The van der Waals surface area contributed by atoms with Gasteiger partial charge in [0, 0.05) is 38.9 Å². The van der Waals surface area contributed by atoms with Crippen molar-refractivity contribution in [3.63, 3.8) is 0 Å². The topological polar surface area (TPSA) is 45.2 Å². The van der Waals surface area contributed by atoms with Crippen LogP contribution in [0.15, 0.2) is 54.6 Å². The number of nitrogens with zero attached hydrogens (tertiary/aromatic N) is 2. The Balaban J connectivity index is 0.00000272. The second kappa shape index (κ2) is 15.3. The van der Waals surface area contributed by atoms with Crippen molar-refractivity contribution in [2.24, 2.45) is 0 Å². The van der Waals surface area contributed by atoms with E-state index < -0.39 is 5.60 Å². The Hall–Kier alpha value is -1.66. The van der Waals surface area contributed by atoms with Crippen LogP contribution in [0.5, 0.6) is 11.5 Å². The molecule has 1 saturated heterocycles. The fourth-order valence-corrected chi connectivity index (χ4v) is 3.89. The standard InChI is InChI=1S/C26H38N2O3.2ClH/c1-3-4-21-30-25-12-10-23(11-13-25)27(2)17-14-26(29)15-18-28(19-16-26)20-22-31-24-8-6-5-7-9-24;;/h5-13,29H,3-4,14-22H2,1-2H3;2*1H. The summed E-state index contributed by atoms with van der Waals surface area (Å²) >= 11 is 0. The van der Waals surface area contributed by atoms with Gasteiger partial charge in [-0.3, -0.25) is 4.90 Å². The molecule has 1 heterocycles. The van der Waals surface area contributed by atoms with Crippen molar-refractivity contribution < 1.29 is 14.6 Å². The van der Waals surface area contributed by atoms with E-state index >= 15 is 0 Å². The van der Waals surface area contributed by atoms with Crippen LogP contribution in [0.25, 0.3) is 0 Å². The lowest BCUT2D eigenvalue weighted by atomic mass is 9.88. The Morgan fingerprint density at radius 3 is 2.15 bits per heavy atom. The van der Waals surface area contributed by atoms with Gasteiger partial charge < -0.3 is 19.5 Å². The monoisotopic (exact) mass is 498 g/mol. The molecule has 33 heavy (non-hydrogen) atoms. The van der Waals surface area contributed by atoms with Crippen molar-refractivity contribution in [2.75, 3.05) is 51.3 Å². The largest absolute Gasteiger partial charge is 0.494 e. The van der Waals surface area contributed by atoms with Crippen LogP contribution in [0.3, 0.4) is 0 Å². The molecule has 186 valence electrons. The van der Waals surface area contributed by atoms with E-state index in [9.17, 15) is 5.11 Å². The number of rotatable bonds is 12. The molecular formula is C26H40Cl2N2O3. The summed E-state index contributed by atoms with van der Waals surface area (Å²) in [6.45, 7) is 7.20. The van der Waals surface area contributed by atoms with Crippen molar-refractivity contribution in [1.82, 2.24) is 4.90 Å². The van der Waals surface area contributed by atoms with E-state index in [1.165, 1.54) is 0 Å². The molecule has 0 unspecified atom stereocenters. The number of hydrogen-bond acceptors (Lipinski definition) is 5. The first-order valence-corrected chi connectivity index (χ1v) is 11.6. The first kappa shape index (κ1) is 29.4. The molecule has 2 aromatic rings. The molecule has 0 bridgehead atoms. The second-order valence-corrected chi connectivity index (χ2v) is 8.59. The molecule has 1 aliphatic rings. The summed E-state index contributed by atoms with van der Waals surface area (Å²) in [5, 5.41) is 11.0. The van der Waals surface area contributed by atoms with Crippen molar-refractivity contribution in [1.29, 1.82) is 0 Å². The molecule has 5 nitrogen and oxygen atoms in total. The molecule has 1 fully saturated rings. The van der Waals surface area contributed by atoms with Crippen LogP contribution in [-0.2, 0) is 0 Å². The molecule has 3 rings (SSSR count). The van der Waals surface area contributed by atoms with E-state index in [1.54, 1.807) is 0 Å². The van der Waals surface area contributed by atoms with Gasteiger partial charge in [-0.2, -0.15) is 0 Å². The third-order valence-electron chi connectivity index (χ3n) is 6.16. The number of halogens is 2. The van der Waals surface area contributed by atoms with E-state index in [0.717, 1.165) is 82.1 Å². The molecule has 7 heteroatoms. The fourth-order valence-electron chi connectivity index (χ4n) is 3.89. The molecule has 0 spiro atoms. The Morgan fingerprint density at radius 2 is 1.52 bits per heavy atom. The molecule has 0 aliphatic carbocycles. The summed E-state index contributed by atoms with van der Waals surface area (Å²) in [4.78, 5) is 4.60. The number of ether oxygens (including phenoxy) is 2. The van der Waals surface area contributed by atoms with E-state index in [0.29, 0.717) is 6.61 Å². The quantitative estimate of drug-likeness (QED) is 0.394. The zero-order valence-corrected chi connectivity index (χ0v) is 21.6. The first-order chi connectivity index (χ1) is 15.1. The highest BCUT2D eigenvalue weighted by Crippen LogP contribution is 2.27. The van der Waals surface area contributed by atoms with Gasteiger partial charge in [-0.05, 0) is 62.1 Å². The van der Waals surface area contributed by atoms with Crippen LogP contribution in [0, 0.1) is 0 Å². The summed E-state index contributed by atoms with van der Waals surface area (Å²) in [5.74, 6) is 1.84. The highest BCUT2D eigenvalue weighted by molar-refractivity contribution is 5.85. The summed E-state index contributed by atoms with van der Waals surface area (Å²) in [6.07, 6.45) is 4.64. The Bertz CT molecular complexity index is 754. The van der Waals surface area contributed by atoms with Gasteiger partial charge in [0.05, 0.1) is 12.2 Å². The predicted octanol–water partition coefficient (Wildman–Crippen LogP) is 5.44. The molecule has 1 N–H and O–H groups in total. The van der Waals surface area contributed by atoms with Crippen molar-refractivity contribution in [3.8, 4) is 11.5 Å². The smallest absolute Gasteiger partial charge is 0.119 e. The molecule has 0 aromatic heterocycles. The highest BCUT2D eigenvalue weighted by atomic mass is 35.5. The number of piperidine rings is 1. The average molecular weight is 500 g/mol. The zero-order chi connectivity index (χ0) is 21.9. The molecule has 0 amide bonds. The lowest BCUT2D eigenvalue weighted by Crippen LogP contribution is -2.46. The maximum absolute atomic E-state index is 11.0. The number of benzene rings is 2. The number of para-hydroxylation sites is 1. The predicted molar refractivity (Wildman–Crippen MR) is 142 cm³/mol. The third kappa shape index (κ3) is 10.0. The van der Waals surface area contributed by atoms with E-state index in [-0.39, 0.29) is 24.8 Å². The molecular weight excluding hydrogens is 459 g/mol. The lowest BCUT2D eigenvalue weighted by Gasteiger charge is -2.39. The van der Waals surface area contributed by atoms with Gasteiger partial charge >= 0.3 is 0 Å². The minimum atomic E-state index is -0.575. The molecule has 0 radical (unpaired) electrons. The van der Waals surface area contributed by atoms with E-state index in [4.69, 9.17) is 9.47 Å². The summed E-state index contributed by atoms with van der Waals surface area (Å²) in [5.41, 5.74) is 0.579. The fraction of sp³-hybridized carbons (Fsp3) is 0.538. The van der Waals surface area contributed by atoms with Crippen LogP contribution >= 0.6 is 24.8 Å². The van der Waals surface area contributed by atoms with Gasteiger partial charge in [0.1, 0.15) is 18.1 Å². The molecule has 2 aromatic carbocycles. The molecule has 0 saturated carbocycles. The third-order valence-corrected chi connectivity index (χ3v) is 6.16. The first-order valence-electron chi connectivity index (χ1n) is 11.6. The van der Waals surface area contributed by atoms with Crippen molar-refractivity contribution in [2.45, 2.75) is 44.6 Å². The van der Waals surface area contributed by atoms with Crippen LogP contribution in [0.2, 0.25) is 0 Å². The Kier molecular flexibility index (Phi) is 13.6. The van der Waals surface area contributed by atoms with Crippen LogP contribution in [-0.4, -0.2) is 62.0 Å². The maximum Gasteiger partial charge on any atom is 0.119 e. The van der Waals surface area contributed by atoms with Crippen LogP contribution in [0.4, 0.5) is 5.69 Å². The maximum atomic E-state index is 11.0. The zero-order valence-electron chi connectivity index (χ0n) is 19.9.